The normalized spacial score (nSPS) is 14.3. The highest BCUT2D eigenvalue weighted by Gasteiger charge is 2.37. The Morgan fingerprint density at radius 2 is 1.77 bits per heavy atom. The molecule has 0 aliphatic carbocycles. The molecule has 0 bridgehead atoms. The van der Waals surface area contributed by atoms with Gasteiger partial charge in [0.05, 0.1) is 17.8 Å². The monoisotopic (exact) mass is 581 g/mol. The number of ether oxygens (including phenoxy) is 2. The number of rotatable bonds is 7. The summed E-state index contributed by atoms with van der Waals surface area (Å²) >= 11 is 12.6. The number of nitrogens with zero attached hydrogens (tertiary/aromatic N) is 1. The van der Waals surface area contributed by atoms with Crippen LogP contribution in [0.25, 0.3) is 6.08 Å². The first-order chi connectivity index (χ1) is 19.0. The fourth-order valence-corrected chi connectivity index (χ4v) is 4.57. The molecule has 9 nitrogen and oxygen atoms in total. The molecule has 3 aromatic rings. The number of imide groups is 2. The number of hydrogen-bond donors (Lipinski definition) is 2. The number of urea groups is 1. The van der Waals surface area contributed by atoms with Gasteiger partial charge in [-0.25, -0.2) is 9.69 Å². The number of methoxy groups -OCH3 is 1. The van der Waals surface area contributed by atoms with Crippen LogP contribution in [-0.2, 0) is 14.4 Å². The fraction of sp³-hybridized carbons (Fsp3) is 0.172. The van der Waals surface area contributed by atoms with Gasteiger partial charge in [-0.15, -0.1) is 0 Å². The van der Waals surface area contributed by atoms with Gasteiger partial charge in [-0.05, 0) is 73.9 Å². The van der Waals surface area contributed by atoms with Crippen molar-refractivity contribution in [3.63, 3.8) is 0 Å². The molecule has 4 rings (SSSR count). The summed E-state index contributed by atoms with van der Waals surface area (Å²) in [5.41, 5.74) is 3.40. The van der Waals surface area contributed by atoms with Gasteiger partial charge in [0.2, 0.25) is 0 Å². The number of carbonyl (C=O) groups is 4. The number of carbonyl (C=O) groups excluding carboxylic acids is 4. The van der Waals surface area contributed by atoms with Gasteiger partial charge in [-0.3, -0.25) is 19.7 Å². The molecule has 0 atom stereocenters. The zero-order chi connectivity index (χ0) is 29.1. The van der Waals surface area contributed by atoms with Crippen molar-refractivity contribution in [3.05, 3.63) is 86.4 Å². The molecule has 1 aliphatic heterocycles. The third kappa shape index (κ3) is 5.95. The Bertz CT molecular complexity index is 1580. The zero-order valence-corrected chi connectivity index (χ0v) is 23.6. The predicted molar refractivity (Wildman–Crippen MR) is 153 cm³/mol. The second-order valence-electron chi connectivity index (χ2n) is 9.03. The SMILES string of the molecule is COc1cc(/C=C2/C(=O)NC(=O)N(c3cccc(Cl)c3C)C2=O)cc(Cl)c1OCC(=O)Nc1ccc(C)cc1C. The van der Waals surface area contributed by atoms with Crippen LogP contribution in [-0.4, -0.2) is 37.5 Å². The molecule has 0 aromatic heterocycles. The van der Waals surface area contributed by atoms with E-state index in [0.29, 0.717) is 21.8 Å². The number of barbiturate groups is 1. The summed E-state index contributed by atoms with van der Waals surface area (Å²) in [4.78, 5) is 51.8. The molecule has 1 saturated heterocycles. The van der Waals surface area contributed by atoms with Gasteiger partial charge < -0.3 is 14.8 Å². The lowest BCUT2D eigenvalue weighted by Crippen LogP contribution is -2.54. The molecular weight excluding hydrogens is 557 g/mol. The molecule has 1 heterocycles. The summed E-state index contributed by atoms with van der Waals surface area (Å²) in [5, 5.41) is 5.39. The maximum atomic E-state index is 13.3. The van der Waals surface area contributed by atoms with Crippen molar-refractivity contribution < 1.29 is 28.7 Å². The van der Waals surface area contributed by atoms with Crippen LogP contribution in [0, 0.1) is 20.8 Å². The van der Waals surface area contributed by atoms with E-state index < -0.39 is 23.8 Å². The van der Waals surface area contributed by atoms with Crippen molar-refractivity contribution in [1.82, 2.24) is 5.32 Å². The summed E-state index contributed by atoms with van der Waals surface area (Å²) in [6.07, 6.45) is 1.28. The van der Waals surface area contributed by atoms with Crippen LogP contribution in [0.3, 0.4) is 0 Å². The van der Waals surface area contributed by atoms with Gasteiger partial charge in [-0.1, -0.05) is 47.0 Å². The maximum Gasteiger partial charge on any atom is 0.335 e. The third-order valence-electron chi connectivity index (χ3n) is 6.15. The van der Waals surface area contributed by atoms with E-state index in [9.17, 15) is 19.2 Å². The average molecular weight is 582 g/mol. The largest absolute Gasteiger partial charge is 0.493 e. The highest BCUT2D eigenvalue weighted by atomic mass is 35.5. The molecule has 11 heteroatoms. The molecule has 5 amide bonds. The van der Waals surface area contributed by atoms with Gasteiger partial charge >= 0.3 is 6.03 Å². The Morgan fingerprint density at radius 1 is 1.02 bits per heavy atom. The van der Waals surface area contributed by atoms with Crippen LogP contribution >= 0.6 is 23.2 Å². The Balaban J connectivity index is 1.57. The van der Waals surface area contributed by atoms with E-state index in [1.54, 1.807) is 25.1 Å². The van der Waals surface area contributed by atoms with Crippen LogP contribution < -0.4 is 25.0 Å². The quantitative estimate of drug-likeness (QED) is 0.277. The Labute approximate surface area is 240 Å². The predicted octanol–water partition coefficient (Wildman–Crippen LogP) is 5.61. The van der Waals surface area contributed by atoms with Gasteiger partial charge in [0.25, 0.3) is 17.7 Å². The molecule has 1 fully saturated rings. The van der Waals surface area contributed by atoms with Crippen molar-refractivity contribution in [2.75, 3.05) is 23.9 Å². The molecule has 3 aromatic carbocycles. The van der Waals surface area contributed by atoms with Crippen molar-refractivity contribution in [3.8, 4) is 11.5 Å². The number of aryl methyl sites for hydroxylation is 2. The van der Waals surface area contributed by atoms with E-state index in [1.807, 2.05) is 32.0 Å². The van der Waals surface area contributed by atoms with Crippen molar-refractivity contribution >= 4 is 64.4 Å². The van der Waals surface area contributed by atoms with Crippen LogP contribution in [0.2, 0.25) is 10.0 Å². The van der Waals surface area contributed by atoms with E-state index in [1.165, 1.54) is 25.3 Å². The van der Waals surface area contributed by atoms with Crippen LogP contribution in [0.15, 0.2) is 54.1 Å². The topological polar surface area (TPSA) is 114 Å². The molecule has 206 valence electrons. The molecule has 0 radical (unpaired) electrons. The first kappa shape index (κ1) is 28.7. The third-order valence-corrected chi connectivity index (χ3v) is 6.84. The van der Waals surface area contributed by atoms with Crippen molar-refractivity contribution in [2.45, 2.75) is 20.8 Å². The van der Waals surface area contributed by atoms with Crippen molar-refractivity contribution in [2.24, 2.45) is 0 Å². The summed E-state index contributed by atoms with van der Waals surface area (Å²) in [6, 6.07) is 12.5. The molecule has 0 saturated carbocycles. The maximum absolute atomic E-state index is 13.3. The van der Waals surface area contributed by atoms with Gasteiger partial charge in [0, 0.05) is 10.7 Å². The number of benzene rings is 3. The summed E-state index contributed by atoms with van der Waals surface area (Å²) < 4.78 is 11.0. The molecule has 2 N–H and O–H groups in total. The second-order valence-corrected chi connectivity index (χ2v) is 9.85. The minimum Gasteiger partial charge on any atom is -0.493 e. The molecule has 0 spiro atoms. The van der Waals surface area contributed by atoms with Crippen LogP contribution in [0.4, 0.5) is 16.2 Å². The Hall–Kier alpha value is -4.34. The molecule has 1 aliphatic rings. The number of halogens is 2. The smallest absolute Gasteiger partial charge is 0.335 e. The van der Waals surface area contributed by atoms with Crippen molar-refractivity contribution in [1.29, 1.82) is 0 Å². The summed E-state index contributed by atoms with van der Waals surface area (Å²) in [5.74, 6) is -1.84. The average Bonchev–Trinajstić information content (AvgIpc) is 2.89. The number of anilines is 2. The van der Waals surface area contributed by atoms with E-state index in [4.69, 9.17) is 32.7 Å². The summed E-state index contributed by atoms with van der Waals surface area (Å²) in [7, 11) is 1.38. The zero-order valence-electron chi connectivity index (χ0n) is 22.1. The summed E-state index contributed by atoms with van der Waals surface area (Å²) in [6.45, 7) is 5.16. The lowest BCUT2D eigenvalue weighted by molar-refractivity contribution is -0.122. The lowest BCUT2D eigenvalue weighted by atomic mass is 10.1. The highest BCUT2D eigenvalue weighted by Crippen LogP contribution is 2.37. The number of amides is 5. The first-order valence-corrected chi connectivity index (χ1v) is 12.8. The molecular formula is C29H25Cl2N3O6. The highest BCUT2D eigenvalue weighted by molar-refractivity contribution is 6.40. The first-order valence-electron chi connectivity index (χ1n) is 12.0. The lowest BCUT2D eigenvalue weighted by Gasteiger charge is -2.27. The molecule has 0 unspecified atom stereocenters. The van der Waals surface area contributed by atoms with E-state index >= 15 is 0 Å². The van der Waals surface area contributed by atoms with Crippen LogP contribution in [0.1, 0.15) is 22.3 Å². The van der Waals surface area contributed by atoms with E-state index in [-0.39, 0.29) is 34.4 Å². The number of hydrogen-bond acceptors (Lipinski definition) is 6. The van der Waals surface area contributed by atoms with E-state index in [2.05, 4.69) is 10.6 Å². The fourth-order valence-electron chi connectivity index (χ4n) is 4.12. The Morgan fingerprint density at radius 3 is 2.48 bits per heavy atom. The number of nitrogens with one attached hydrogen (secondary N) is 2. The van der Waals surface area contributed by atoms with E-state index in [0.717, 1.165) is 16.0 Å². The van der Waals surface area contributed by atoms with Gasteiger partial charge in [0.1, 0.15) is 5.57 Å². The molecule has 40 heavy (non-hydrogen) atoms. The minimum atomic E-state index is -0.893. The minimum absolute atomic E-state index is 0.0767. The van der Waals surface area contributed by atoms with Gasteiger partial charge in [-0.2, -0.15) is 0 Å². The second kappa shape index (κ2) is 11.8. The Kier molecular flexibility index (Phi) is 8.46. The standard InChI is InChI=1S/C29H25Cl2N3O6/c1-15-8-9-22(16(2)10-15)32-25(35)14-40-26-21(31)12-18(13-24(26)39-4)11-19-27(36)33-29(38)34(28(19)37)23-7-5-6-20(30)17(23)3/h5-13H,14H2,1-4H3,(H,32,35)(H,33,36,38)/b19-11-. The van der Waals surface area contributed by atoms with Crippen LogP contribution in [0.5, 0.6) is 11.5 Å². The van der Waals surface area contributed by atoms with Gasteiger partial charge in [0.15, 0.2) is 18.1 Å².